The summed E-state index contributed by atoms with van der Waals surface area (Å²) in [5.41, 5.74) is 1.84. The quantitative estimate of drug-likeness (QED) is 0.758. The van der Waals surface area contributed by atoms with Crippen molar-refractivity contribution in [3.8, 4) is 0 Å². The van der Waals surface area contributed by atoms with Crippen LogP contribution >= 0.6 is 23.4 Å². The molecule has 5 heteroatoms. The molecule has 1 aliphatic rings. The number of rotatable bonds is 6. The number of benzene rings is 1. The van der Waals surface area contributed by atoms with Gasteiger partial charge in [-0.1, -0.05) is 39.3 Å². The lowest BCUT2D eigenvalue weighted by molar-refractivity contribution is -0.117. The molecule has 2 N–H and O–H groups in total. The molecular formula is C16H23ClN2OS. The molecule has 0 spiro atoms. The molecule has 2 unspecified atom stereocenters. The summed E-state index contributed by atoms with van der Waals surface area (Å²) in [5.74, 6) is 0.585. The number of nitrogens with one attached hydrogen (secondary N) is 2. The molecule has 1 aliphatic heterocycles. The zero-order valence-corrected chi connectivity index (χ0v) is 14.6. The predicted octanol–water partition coefficient (Wildman–Crippen LogP) is 4.47. The molecule has 1 aromatic rings. The summed E-state index contributed by atoms with van der Waals surface area (Å²) < 4.78 is 0. The van der Waals surface area contributed by atoms with Crippen molar-refractivity contribution in [3.63, 3.8) is 0 Å². The van der Waals surface area contributed by atoms with E-state index in [9.17, 15) is 4.79 Å². The summed E-state index contributed by atoms with van der Waals surface area (Å²) >= 11 is 8.18. The molecule has 0 saturated carbocycles. The van der Waals surface area contributed by atoms with Crippen molar-refractivity contribution in [3.05, 3.63) is 22.7 Å². The van der Waals surface area contributed by atoms with E-state index >= 15 is 0 Å². The third-order valence-corrected chi connectivity index (χ3v) is 5.72. The van der Waals surface area contributed by atoms with E-state index in [0.29, 0.717) is 11.2 Å². The maximum Gasteiger partial charge on any atom is 0.246 e. The lowest BCUT2D eigenvalue weighted by Gasteiger charge is -2.17. The van der Waals surface area contributed by atoms with Crippen molar-refractivity contribution in [2.45, 2.75) is 50.3 Å². The first-order valence-corrected chi connectivity index (χ1v) is 8.74. The molecule has 0 fully saturated rings. The number of hydrogen-bond acceptors (Lipinski definition) is 3. The highest BCUT2D eigenvalue weighted by Gasteiger charge is 2.31. The first kappa shape index (κ1) is 16.7. The highest BCUT2D eigenvalue weighted by Crippen LogP contribution is 2.41. The number of thioether (sulfide) groups is 1. The van der Waals surface area contributed by atoms with E-state index in [1.54, 1.807) is 11.8 Å². The van der Waals surface area contributed by atoms with Gasteiger partial charge in [0.15, 0.2) is 0 Å². The lowest BCUT2D eigenvalue weighted by atomic mass is 10.1. The molecule has 2 rings (SSSR count). The van der Waals surface area contributed by atoms with E-state index in [1.165, 1.54) is 0 Å². The first-order chi connectivity index (χ1) is 9.93. The van der Waals surface area contributed by atoms with Crippen LogP contribution in [-0.4, -0.2) is 17.7 Å². The average Bonchev–Trinajstić information content (AvgIpc) is 2.71. The highest BCUT2D eigenvalue weighted by molar-refractivity contribution is 8.00. The SMILES string of the molecule is CCCNC1C(=O)Nc2cc(SC(C)C(C)C)c(Cl)cc21. The monoisotopic (exact) mass is 326 g/mol. The van der Waals surface area contributed by atoms with E-state index in [2.05, 4.69) is 38.3 Å². The van der Waals surface area contributed by atoms with E-state index < -0.39 is 0 Å². The maximum atomic E-state index is 12.1. The van der Waals surface area contributed by atoms with E-state index in [0.717, 1.165) is 34.1 Å². The molecule has 0 aliphatic carbocycles. The molecule has 0 aromatic heterocycles. The Morgan fingerprint density at radius 3 is 2.71 bits per heavy atom. The number of fused-ring (bicyclic) bond motifs is 1. The van der Waals surface area contributed by atoms with Crippen LogP contribution in [0.4, 0.5) is 5.69 Å². The third kappa shape index (κ3) is 3.74. The Bertz CT molecular complexity index is 533. The second kappa shape index (κ2) is 7.03. The van der Waals surface area contributed by atoms with Gasteiger partial charge in [0.2, 0.25) is 5.91 Å². The minimum absolute atomic E-state index is 0.00794. The topological polar surface area (TPSA) is 41.1 Å². The fourth-order valence-electron chi connectivity index (χ4n) is 2.18. The number of amides is 1. The molecule has 0 bridgehead atoms. The second-order valence-electron chi connectivity index (χ2n) is 5.81. The van der Waals surface area contributed by atoms with Crippen LogP contribution in [0.1, 0.15) is 45.7 Å². The Hall–Kier alpha value is -0.710. The van der Waals surface area contributed by atoms with Crippen molar-refractivity contribution < 1.29 is 4.79 Å². The zero-order chi connectivity index (χ0) is 15.6. The largest absolute Gasteiger partial charge is 0.324 e. The lowest BCUT2D eigenvalue weighted by Crippen LogP contribution is -2.27. The maximum absolute atomic E-state index is 12.1. The first-order valence-electron chi connectivity index (χ1n) is 7.48. The van der Waals surface area contributed by atoms with E-state index in [4.69, 9.17) is 11.6 Å². The van der Waals surface area contributed by atoms with Crippen molar-refractivity contribution in [1.82, 2.24) is 5.32 Å². The standard InChI is InChI=1S/C16H23ClN2OS/c1-5-6-18-15-11-7-12(17)14(21-10(4)9(2)3)8-13(11)19-16(15)20/h7-10,15,18H,5-6H2,1-4H3,(H,19,20). The number of hydrogen-bond donors (Lipinski definition) is 2. The molecule has 1 heterocycles. The van der Waals surface area contributed by atoms with Crippen LogP contribution in [0.15, 0.2) is 17.0 Å². The van der Waals surface area contributed by atoms with Crippen LogP contribution in [0.3, 0.4) is 0 Å². The molecule has 0 saturated heterocycles. The third-order valence-electron chi connectivity index (χ3n) is 3.79. The Labute approximate surface area is 136 Å². The van der Waals surface area contributed by atoms with Gasteiger partial charge in [0, 0.05) is 21.4 Å². The van der Waals surface area contributed by atoms with Gasteiger partial charge in [-0.15, -0.1) is 11.8 Å². The van der Waals surface area contributed by atoms with Gasteiger partial charge in [0.25, 0.3) is 0 Å². The summed E-state index contributed by atoms with van der Waals surface area (Å²) in [6.07, 6.45) is 0.993. The van der Waals surface area contributed by atoms with Crippen LogP contribution < -0.4 is 10.6 Å². The van der Waals surface area contributed by atoms with Crippen LogP contribution in [0.2, 0.25) is 5.02 Å². The minimum atomic E-state index is -0.279. The number of carbonyl (C=O) groups is 1. The van der Waals surface area contributed by atoms with Crippen molar-refractivity contribution in [1.29, 1.82) is 0 Å². The van der Waals surface area contributed by atoms with Gasteiger partial charge in [-0.25, -0.2) is 0 Å². The van der Waals surface area contributed by atoms with Crippen LogP contribution in [0.25, 0.3) is 0 Å². The normalized spacial score (nSPS) is 18.8. The van der Waals surface area contributed by atoms with Gasteiger partial charge < -0.3 is 10.6 Å². The van der Waals surface area contributed by atoms with Gasteiger partial charge >= 0.3 is 0 Å². The average molecular weight is 327 g/mol. The number of halogens is 1. The summed E-state index contributed by atoms with van der Waals surface area (Å²) in [6, 6.07) is 3.66. The smallest absolute Gasteiger partial charge is 0.246 e. The molecule has 3 nitrogen and oxygen atoms in total. The van der Waals surface area contributed by atoms with Gasteiger partial charge in [0.05, 0.1) is 5.02 Å². The van der Waals surface area contributed by atoms with Crippen molar-refractivity contribution >= 4 is 35.0 Å². The minimum Gasteiger partial charge on any atom is -0.324 e. The Morgan fingerprint density at radius 1 is 1.38 bits per heavy atom. The predicted molar refractivity (Wildman–Crippen MR) is 91.3 cm³/mol. The Balaban J connectivity index is 2.24. The van der Waals surface area contributed by atoms with Crippen molar-refractivity contribution in [2.75, 3.05) is 11.9 Å². The summed E-state index contributed by atoms with van der Waals surface area (Å²) in [4.78, 5) is 13.1. The van der Waals surface area contributed by atoms with Gasteiger partial charge in [0.1, 0.15) is 6.04 Å². The van der Waals surface area contributed by atoms with Crippen molar-refractivity contribution in [2.24, 2.45) is 5.92 Å². The van der Waals surface area contributed by atoms with Crippen LogP contribution in [0, 0.1) is 5.92 Å². The fraction of sp³-hybridized carbons (Fsp3) is 0.562. The van der Waals surface area contributed by atoms with E-state index in [-0.39, 0.29) is 11.9 Å². The number of anilines is 1. The summed E-state index contributed by atoms with van der Waals surface area (Å²) in [5, 5.41) is 7.42. The molecule has 0 radical (unpaired) electrons. The molecule has 1 amide bonds. The van der Waals surface area contributed by atoms with Gasteiger partial charge in [-0.2, -0.15) is 0 Å². The molecular weight excluding hydrogens is 304 g/mol. The summed E-state index contributed by atoms with van der Waals surface area (Å²) in [7, 11) is 0. The highest BCUT2D eigenvalue weighted by atomic mass is 35.5. The Morgan fingerprint density at radius 2 is 2.10 bits per heavy atom. The number of carbonyl (C=O) groups excluding carboxylic acids is 1. The second-order valence-corrected chi connectivity index (χ2v) is 7.64. The molecule has 116 valence electrons. The zero-order valence-electron chi connectivity index (χ0n) is 13.0. The summed E-state index contributed by atoms with van der Waals surface area (Å²) in [6.45, 7) is 9.50. The molecule has 21 heavy (non-hydrogen) atoms. The fourth-order valence-corrected chi connectivity index (χ4v) is 3.52. The van der Waals surface area contributed by atoms with Crippen LogP contribution in [-0.2, 0) is 4.79 Å². The van der Waals surface area contributed by atoms with E-state index in [1.807, 2.05) is 12.1 Å². The van der Waals surface area contributed by atoms with Gasteiger partial charge in [-0.05, 0) is 31.0 Å². The Kier molecular flexibility index (Phi) is 5.58. The molecule has 1 aromatic carbocycles. The van der Waals surface area contributed by atoms with Crippen LogP contribution in [0.5, 0.6) is 0 Å². The van der Waals surface area contributed by atoms with Gasteiger partial charge in [-0.3, -0.25) is 4.79 Å². The molecule has 2 atom stereocenters.